The van der Waals surface area contributed by atoms with Crippen molar-refractivity contribution < 1.29 is 28.3 Å². The molecule has 0 bridgehead atoms. The number of hydrogen-bond acceptors (Lipinski definition) is 7. The Morgan fingerprint density at radius 1 is 1.00 bits per heavy atom. The van der Waals surface area contributed by atoms with Crippen LogP contribution in [0, 0.1) is 0 Å². The van der Waals surface area contributed by atoms with Gasteiger partial charge in [-0.25, -0.2) is 9.59 Å². The molecule has 0 fully saturated rings. The van der Waals surface area contributed by atoms with Crippen LogP contribution in [0.2, 0.25) is 0 Å². The second-order valence-corrected chi connectivity index (χ2v) is 7.11. The van der Waals surface area contributed by atoms with Gasteiger partial charge in [0.05, 0.1) is 37.9 Å². The molecule has 3 rings (SSSR count). The minimum Gasteiger partial charge on any atom is -0.465 e. The van der Waals surface area contributed by atoms with E-state index in [0.29, 0.717) is 0 Å². The summed E-state index contributed by atoms with van der Waals surface area (Å²) in [6.45, 7) is 2.01. The number of likely N-dealkylation sites (N-methyl/N-ethyl adjacent to an activating group) is 1. The highest BCUT2D eigenvalue weighted by atomic mass is 16.5. The molecule has 0 aliphatic carbocycles. The molecule has 1 N–H and O–H groups in total. The Balaban J connectivity index is 1.73. The van der Waals surface area contributed by atoms with Gasteiger partial charge in [0.15, 0.2) is 0 Å². The molecule has 0 spiro atoms. The Morgan fingerprint density at radius 3 is 2.19 bits per heavy atom. The highest BCUT2D eigenvalue weighted by Crippen LogP contribution is 2.26. The lowest BCUT2D eigenvalue weighted by Crippen LogP contribution is -2.32. The summed E-state index contributed by atoms with van der Waals surface area (Å²) >= 11 is 0. The van der Waals surface area contributed by atoms with Crippen molar-refractivity contribution in [3.05, 3.63) is 65.4 Å². The van der Waals surface area contributed by atoms with Crippen molar-refractivity contribution in [2.45, 2.75) is 13.0 Å². The van der Waals surface area contributed by atoms with Crippen molar-refractivity contribution in [2.75, 3.05) is 33.1 Å². The third-order valence-corrected chi connectivity index (χ3v) is 4.97. The maximum atomic E-state index is 12.6. The first-order valence-electron chi connectivity index (χ1n) is 9.62. The van der Waals surface area contributed by atoms with Gasteiger partial charge in [0.2, 0.25) is 5.91 Å². The number of para-hydroxylation sites is 1. The highest BCUT2D eigenvalue weighted by Gasteiger charge is 2.20. The zero-order valence-corrected chi connectivity index (χ0v) is 17.8. The third-order valence-electron chi connectivity index (χ3n) is 4.97. The van der Waals surface area contributed by atoms with Crippen molar-refractivity contribution in [3.8, 4) is 0 Å². The molecule has 1 amide bonds. The number of rotatable bonds is 7. The van der Waals surface area contributed by atoms with Gasteiger partial charge >= 0.3 is 11.9 Å². The van der Waals surface area contributed by atoms with Gasteiger partial charge in [-0.3, -0.25) is 9.69 Å². The lowest BCUT2D eigenvalue weighted by atomic mass is 10.1. The van der Waals surface area contributed by atoms with E-state index in [4.69, 9.17) is 13.9 Å². The Bertz CT molecular complexity index is 1050. The summed E-state index contributed by atoms with van der Waals surface area (Å²) in [5, 5.41) is 3.72. The van der Waals surface area contributed by atoms with Crippen LogP contribution in [-0.2, 0) is 14.3 Å². The van der Waals surface area contributed by atoms with Crippen LogP contribution in [0.4, 0.5) is 5.69 Å². The summed E-state index contributed by atoms with van der Waals surface area (Å²) in [5.41, 5.74) is 1.34. The van der Waals surface area contributed by atoms with E-state index in [1.54, 1.807) is 0 Å². The first-order chi connectivity index (χ1) is 14.8. The van der Waals surface area contributed by atoms with Crippen molar-refractivity contribution in [3.63, 3.8) is 0 Å². The number of carbonyl (C=O) groups excluding carboxylic acids is 3. The van der Waals surface area contributed by atoms with Gasteiger partial charge in [-0.15, -0.1) is 0 Å². The lowest BCUT2D eigenvalue weighted by molar-refractivity contribution is -0.117. The maximum absolute atomic E-state index is 12.6. The molecule has 0 aliphatic rings. The van der Waals surface area contributed by atoms with Gasteiger partial charge in [0.25, 0.3) is 0 Å². The van der Waals surface area contributed by atoms with E-state index >= 15 is 0 Å². The van der Waals surface area contributed by atoms with Gasteiger partial charge < -0.3 is 19.2 Å². The predicted octanol–water partition coefficient (Wildman–Crippen LogP) is 3.64. The molecule has 1 atom stereocenters. The van der Waals surface area contributed by atoms with E-state index in [2.05, 4.69) is 5.32 Å². The fourth-order valence-electron chi connectivity index (χ4n) is 3.16. The molecular weight excluding hydrogens is 400 g/mol. The number of hydrogen-bond donors (Lipinski definition) is 1. The summed E-state index contributed by atoms with van der Waals surface area (Å²) in [5.74, 6) is -0.825. The van der Waals surface area contributed by atoms with E-state index in [-0.39, 0.29) is 35.3 Å². The fourth-order valence-corrected chi connectivity index (χ4v) is 3.16. The molecule has 8 nitrogen and oxygen atoms in total. The molecule has 3 aromatic rings. The number of esters is 2. The number of nitrogens with one attached hydrogen (secondary N) is 1. The summed E-state index contributed by atoms with van der Waals surface area (Å²) in [6.07, 6.45) is 0. The van der Waals surface area contributed by atoms with Crippen LogP contribution in [0.1, 0.15) is 39.4 Å². The van der Waals surface area contributed by atoms with Gasteiger partial charge in [-0.1, -0.05) is 18.2 Å². The van der Waals surface area contributed by atoms with Crippen LogP contribution < -0.4 is 5.32 Å². The van der Waals surface area contributed by atoms with E-state index in [9.17, 15) is 14.4 Å². The summed E-state index contributed by atoms with van der Waals surface area (Å²) < 4.78 is 15.3. The molecule has 1 unspecified atom stereocenters. The van der Waals surface area contributed by atoms with Crippen LogP contribution >= 0.6 is 0 Å². The smallest absolute Gasteiger partial charge is 0.337 e. The molecule has 1 heterocycles. The number of benzene rings is 2. The topological polar surface area (TPSA) is 98.1 Å². The summed E-state index contributed by atoms with van der Waals surface area (Å²) in [4.78, 5) is 38.3. The summed E-state index contributed by atoms with van der Waals surface area (Å²) in [6, 6.07) is 13.7. The SMILES string of the molecule is COC(=O)c1cc(NC(=O)CN(C)C(C)c2cc3ccccc3o2)cc(C(=O)OC)c1. The Kier molecular flexibility index (Phi) is 6.71. The third kappa shape index (κ3) is 5.10. The molecule has 162 valence electrons. The predicted molar refractivity (Wildman–Crippen MR) is 115 cm³/mol. The van der Waals surface area contributed by atoms with Crippen LogP contribution in [-0.4, -0.2) is 50.6 Å². The average Bonchev–Trinajstić information content (AvgIpc) is 3.21. The van der Waals surface area contributed by atoms with E-state index in [1.807, 2.05) is 49.2 Å². The molecule has 0 aliphatic heterocycles. The number of furan rings is 1. The minimum absolute atomic E-state index is 0.0637. The first kappa shape index (κ1) is 22.0. The van der Waals surface area contributed by atoms with E-state index in [0.717, 1.165) is 16.7 Å². The standard InChI is InChI=1S/C23H24N2O6/c1-14(20-12-15-7-5-6-8-19(15)31-20)25(2)13-21(26)24-18-10-16(22(27)29-3)9-17(11-18)23(28)30-4/h5-12,14H,13H2,1-4H3,(H,24,26). The van der Waals surface area contributed by atoms with Crippen molar-refractivity contribution >= 4 is 34.5 Å². The zero-order chi connectivity index (χ0) is 22.5. The molecule has 1 aromatic heterocycles. The van der Waals surface area contributed by atoms with E-state index < -0.39 is 11.9 Å². The Morgan fingerprint density at radius 2 is 1.61 bits per heavy atom. The van der Waals surface area contributed by atoms with E-state index in [1.165, 1.54) is 32.4 Å². The van der Waals surface area contributed by atoms with Crippen LogP contribution in [0.15, 0.2) is 52.9 Å². The first-order valence-corrected chi connectivity index (χ1v) is 9.62. The van der Waals surface area contributed by atoms with Crippen molar-refractivity contribution in [2.24, 2.45) is 0 Å². The number of amides is 1. The fraction of sp³-hybridized carbons (Fsp3) is 0.261. The molecule has 8 heteroatoms. The molecule has 2 aromatic carbocycles. The monoisotopic (exact) mass is 424 g/mol. The van der Waals surface area contributed by atoms with Gasteiger partial charge in [0, 0.05) is 11.1 Å². The quantitative estimate of drug-likeness (QED) is 0.578. The number of fused-ring (bicyclic) bond motifs is 1. The number of methoxy groups -OCH3 is 2. The minimum atomic E-state index is -0.628. The van der Waals surface area contributed by atoms with Gasteiger partial charge in [-0.05, 0) is 44.3 Å². The Labute approximate surface area is 179 Å². The van der Waals surface area contributed by atoms with Gasteiger partial charge in [0.1, 0.15) is 11.3 Å². The number of carbonyl (C=O) groups is 3. The van der Waals surface area contributed by atoms with Crippen LogP contribution in [0.25, 0.3) is 11.0 Å². The largest absolute Gasteiger partial charge is 0.465 e. The average molecular weight is 424 g/mol. The molecule has 31 heavy (non-hydrogen) atoms. The second kappa shape index (κ2) is 9.44. The maximum Gasteiger partial charge on any atom is 0.337 e. The zero-order valence-electron chi connectivity index (χ0n) is 17.8. The van der Waals surface area contributed by atoms with Crippen LogP contribution in [0.3, 0.4) is 0 Å². The number of nitrogens with zero attached hydrogens (tertiary/aromatic N) is 1. The van der Waals surface area contributed by atoms with Crippen LogP contribution in [0.5, 0.6) is 0 Å². The van der Waals surface area contributed by atoms with Crippen molar-refractivity contribution in [1.82, 2.24) is 4.90 Å². The number of anilines is 1. The number of ether oxygens (including phenoxy) is 2. The van der Waals surface area contributed by atoms with Gasteiger partial charge in [-0.2, -0.15) is 0 Å². The molecule has 0 saturated heterocycles. The molecule has 0 saturated carbocycles. The lowest BCUT2D eigenvalue weighted by Gasteiger charge is -2.22. The normalized spacial score (nSPS) is 11.9. The summed E-state index contributed by atoms with van der Waals surface area (Å²) in [7, 11) is 4.28. The highest BCUT2D eigenvalue weighted by molar-refractivity contribution is 5.99. The molecule has 0 radical (unpaired) electrons. The second-order valence-electron chi connectivity index (χ2n) is 7.11. The Hall–Kier alpha value is -3.65. The van der Waals surface area contributed by atoms with Crippen molar-refractivity contribution in [1.29, 1.82) is 0 Å². The molecular formula is C23H24N2O6.